The number of carbonyl (C=O) groups is 1. The quantitative estimate of drug-likeness (QED) is 0.322. The first-order valence-corrected chi connectivity index (χ1v) is 7.38. The highest BCUT2D eigenvalue weighted by molar-refractivity contribution is 5.93. The van der Waals surface area contributed by atoms with Gasteiger partial charge in [-0.05, 0) is 50.9 Å². The van der Waals surface area contributed by atoms with Gasteiger partial charge in [-0.25, -0.2) is 0 Å². The topological polar surface area (TPSA) is 87.7 Å². The minimum absolute atomic E-state index is 0.00830. The number of amides is 1. The molecule has 1 aliphatic carbocycles. The molecule has 1 fully saturated rings. The first-order chi connectivity index (χ1) is 9.08. The van der Waals surface area contributed by atoms with Crippen molar-refractivity contribution in [1.29, 1.82) is 0 Å². The summed E-state index contributed by atoms with van der Waals surface area (Å²) in [5, 5.41) is 14.6. The molecule has 1 saturated carbocycles. The van der Waals surface area contributed by atoms with E-state index in [9.17, 15) is 4.79 Å². The van der Waals surface area contributed by atoms with Crippen molar-refractivity contribution in [2.75, 3.05) is 0 Å². The summed E-state index contributed by atoms with van der Waals surface area (Å²) in [7, 11) is 0. The summed E-state index contributed by atoms with van der Waals surface area (Å²) in [4.78, 5) is 12.3. The lowest BCUT2D eigenvalue weighted by atomic mass is 9.69. The minimum atomic E-state index is -0.813. The van der Waals surface area contributed by atoms with E-state index in [2.05, 4.69) is 31.2 Å². The van der Waals surface area contributed by atoms with Crippen molar-refractivity contribution in [3.05, 3.63) is 0 Å². The molecule has 5 heteroatoms. The highest BCUT2D eigenvalue weighted by atomic mass is 16.4. The SMILES string of the molecule is CC(C)(NC(=O)C1CCC(C(C)(C)C)CC1)C(N)=NO. The Kier molecular flexibility index (Phi) is 5.05. The Hall–Kier alpha value is -1.26. The maximum Gasteiger partial charge on any atom is 0.223 e. The highest BCUT2D eigenvalue weighted by Crippen LogP contribution is 2.39. The number of nitrogens with zero attached hydrogens (tertiary/aromatic N) is 1. The second-order valence-electron chi connectivity index (χ2n) is 7.51. The molecule has 0 heterocycles. The Morgan fingerprint density at radius 1 is 1.15 bits per heavy atom. The van der Waals surface area contributed by atoms with Crippen LogP contribution in [0.25, 0.3) is 0 Å². The van der Waals surface area contributed by atoms with Gasteiger partial charge < -0.3 is 16.3 Å². The molecule has 0 unspecified atom stereocenters. The predicted octanol–water partition coefficient (Wildman–Crippen LogP) is 2.48. The fraction of sp³-hybridized carbons (Fsp3) is 0.867. The first kappa shape index (κ1) is 16.8. The molecule has 0 spiro atoms. The molecule has 1 rings (SSSR count). The molecule has 0 aromatic carbocycles. The molecule has 0 bridgehead atoms. The molecule has 0 saturated heterocycles. The van der Waals surface area contributed by atoms with E-state index >= 15 is 0 Å². The maximum atomic E-state index is 12.3. The molecule has 1 amide bonds. The smallest absolute Gasteiger partial charge is 0.223 e. The summed E-state index contributed by atoms with van der Waals surface area (Å²) in [5.41, 5.74) is 5.09. The molecule has 1 aliphatic rings. The van der Waals surface area contributed by atoms with Crippen molar-refractivity contribution in [3.63, 3.8) is 0 Å². The predicted molar refractivity (Wildman–Crippen MR) is 80.5 cm³/mol. The van der Waals surface area contributed by atoms with Crippen LogP contribution in [-0.2, 0) is 4.79 Å². The Balaban J connectivity index is 2.56. The lowest BCUT2D eigenvalue weighted by Gasteiger charge is -2.37. The van der Waals surface area contributed by atoms with E-state index in [1.54, 1.807) is 13.8 Å². The van der Waals surface area contributed by atoms with Gasteiger partial charge in [0.1, 0.15) is 0 Å². The molecular weight excluding hydrogens is 254 g/mol. The third kappa shape index (κ3) is 4.12. The van der Waals surface area contributed by atoms with E-state index in [4.69, 9.17) is 10.9 Å². The summed E-state index contributed by atoms with van der Waals surface area (Å²) in [6, 6.07) is 0. The van der Waals surface area contributed by atoms with Crippen molar-refractivity contribution in [2.45, 2.75) is 65.8 Å². The average Bonchev–Trinajstić information content (AvgIpc) is 2.36. The van der Waals surface area contributed by atoms with Crippen LogP contribution in [0.15, 0.2) is 5.16 Å². The molecule has 0 radical (unpaired) electrons. The lowest BCUT2D eigenvalue weighted by molar-refractivity contribution is -0.127. The zero-order valence-electron chi connectivity index (χ0n) is 13.4. The fourth-order valence-electron chi connectivity index (χ4n) is 2.82. The van der Waals surface area contributed by atoms with E-state index in [1.807, 2.05) is 0 Å². The average molecular weight is 283 g/mol. The first-order valence-electron chi connectivity index (χ1n) is 7.38. The van der Waals surface area contributed by atoms with Gasteiger partial charge in [0.25, 0.3) is 0 Å². The van der Waals surface area contributed by atoms with Crippen LogP contribution < -0.4 is 11.1 Å². The van der Waals surface area contributed by atoms with Crippen LogP contribution in [0.4, 0.5) is 0 Å². The standard InChI is InChI=1S/C15H29N3O2/c1-14(2,3)11-8-6-10(7-9-11)12(19)17-15(4,5)13(16)18-20/h10-11,20H,6-9H2,1-5H3,(H2,16,18)(H,17,19). The monoisotopic (exact) mass is 283 g/mol. The van der Waals surface area contributed by atoms with Gasteiger partial charge >= 0.3 is 0 Å². The van der Waals surface area contributed by atoms with E-state index in [-0.39, 0.29) is 17.7 Å². The van der Waals surface area contributed by atoms with Crippen molar-refractivity contribution in [1.82, 2.24) is 5.32 Å². The van der Waals surface area contributed by atoms with Gasteiger partial charge in [-0.3, -0.25) is 4.79 Å². The molecule has 0 atom stereocenters. The minimum Gasteiger partial charge on any atom is -0.409 e. The highest BCUT2D eigenvalue weighted by Gasteiger charge is 2.34. The van der Waals surface area contributed by atoms with Crippen LogP contribution in [0.2, 0.25) is 0 Å². The maximum absolute atomic E-state index is 12.3. The van der Waals surface area contributed by atoms with E-state index < -0.39 is 5.54 Å². The van der Waals surface area contributed by atoms with Gasteiger partial charge in [0.15, 0.2) is 5.84 Å². The molecule has 4 N–H and O–H groups in total. The molecule has 116 valence electrons. The van der Waals surface area contributed by atoms with Crippen LogP contribution in [-0.4, -0.2) is 22.5 Å². The number of carbonyl (C=O) groups excluding carboxylic acids is 1. The summed E-state index contributed by atoms with van der Waals surface area (Å²) < 4.78 is 0. The second kappa shape index (κ2) is 6.02. The van der Waals surface area contributed by atoms with E-state index in [1.165, 1.54) is 0 Å². The van der Waals surface area contributed by atoms with Crippen molar-refractivity contribution in [2.24, 2.45) is 28.1 Å². The number of rotatable bonds is 3. The number of amidine groups is 1. The summed E-state index contributed by atoms with van der Waals surface area (Å²) in [6.07, 6.45) is 4.01. The normalized spacial score (nSPS) is 25.4. The molecule has 0 aliphatic heterocycles. The van der Waals surface area contributed by atoms with Crippen LogP contribution in [0.1, 0.15) is 60.3 Å². The van der Waals surface area contributed by atoms with Gasteiger partial charge in [-0.2, -0.15) is 0 Å². The lowest BCUT2D eigenvalue weighted by Crippen LogP contribution is -2.54. The molecule has 0 aromatic heterocycles. The molecule has 20 heavy (non-hydrogen) atoms. The molecular formula is C15H29N3O2. The Bertz CT molecular complexity index is 375. The van der Waals surface area contributed by atoms with E-state index in [0.717, 1.165) is 25.7 Å². The number of hydrogen-bond acceptors (Lipinski definition) is 3. The van der Waals surface area contributed by atoms with Crippen molar-refractivity contribution >= 4 is 11.7 Å². The zero-order chi connectivity index (χ0) is 15.6. The van der Waals surface area contributed by atoms with Crippen LogP contribution in [0.3, 0.4) is 0 Å². The number of oxime groups is 1. The Morgan fingerprint density at radius 3 is 2.05 bits per heavy atom. The van der Waals surface area contributed by atoms with Crippen LogP contribution in [0, 0.1) is 17.3 Å². The summed E-state index contributed by atoms with van der Waals surface area (Å²) in [5.74, 6) is 0.756. The van der Waals surface area contributed by atoms with Gasteiger partial charge in [0, 0.05) is 5.92 Å². The number of nitrogens with one attached hydrogen (secondary N) is 1. The zero-order valence-corrected chi connectivity index (χ0v) is 13.4. The Labute approximate surface area is 122 Å². The molecule has 5 nitrogen and oxygen atoms in total. The van der Waals surface area contributed by atoms with Crippen molar-refractivity contribution in [3.8, 4) is 0 Å². The van der Waals surface area contributed by atoms with Crippen molar-refractivity contribution < 1.29 is 10.0 Å². The van der Waals surface area contributed by atoms with Gasteiger partial charge in [0.05, 0.1) is 5.54 Å². The third-order valence-electron chi connectivity index (χ3n) is 4.51. The largest absolute Gasteiger partial charge is 0.409 e. The summed E-state index contributed by atoms with van der Waals surface area (Å²) in [6.45, 7) is 10.3. The van der Waals surface area contributed by atoms with Crippen LogP contribution in [0.5, 0.6) is 0 Å². The Morgan fingerprint density at radius 2 is 1.65 bits per heavy atom. The van der Waals surface area contributed by atoms with E-state index in [0.29, 0.717) is 11.3 Å². The van der Waals surface area contributed by atoms with Gasteiger partial charge in [-0.15, -0.1) is 0 Å². The fourth-order valence-corrected chi connectivity index (χ4v) is 2.82. The summed E-state index contributed by atoms with van der Waals surface area (Å²) >= 11 is 0. The number of nitrogens with two attached hydrogens (primary N) is 1. The molecule has 0 aromatic rings. The van der Waals surface area contributed by atoms with Gasteiger partial charge in [-0.1, -0.05) is 25.9 Å². The second-order valence-corrected chi connectivity index (χ2v) is 7.51. The number of hydrogen-bond donors (Lipinski definition) is 3. The third-order valence-corrected chi connectivity index (χ3v) is 4.51. The van der Waals surface area contributed by atoms with Crippen LogP contribution >= 0.6 is 0 Å². The van der Waals surface area contributed by atoms with Gasteiger partial charge in [0.2, 0.25) is 5.91 Å².